The predicted molar refractivity (Wildman–Crippen MR) is 106 cm³/mol. The van der Waals surface area contributed by atoms with E-state index in [-0.39, 0.29) is 23.1 Å². The molecule has 7 nitrogen and oxygen atoms in total. The highest BCUT2D eigenvalue weighted by Gasteiger charge is 2.29. The molecule has 0 atom stereocenters. The summed E-state index contributed by atoms with van der Waals surface area (Å²) >= 11 is 0. The molecule has 30 heavy (non-hydrogen) atoms. The number of anilines is 1. The van der Waals surface area contributed by atoms with Crippen molar-refractivity contribution in [3.63, 3.8) is 0 Å². The average molecular weight is 435 g/mol. The molecule has 158 valence electrons. The quantitative estimate of drug-likeness (QED) is 0.529. The van der Waals surface area contributed by atoms with Crippen LogP contribution in [0.25, 0.3) is 0 Å². The normalized spacial score (nSPS) is 11.2. The fourth-order valence-electron chi connectivity index (χ4n) is 2.74. The summed E-state index contributed by atoms with van der Waals surface area (Å²) in [4.78, 5) is 7.55. The molecule has 0 unspecified atom stereocenters. The summed E-state index contributed by atoms with van der Waals surface area (Å²) in [5.41, 5.74) is 0.400. The van der Waals surface area contributed by atoms with Gasteiger partial charge in [-0.3, -0.25) is 0 Å². The second kappa shape index (κ2) is 8.62. The van der Waals surface area contributed by atoms with E-state index in [1.54, 1.807) is 18.2 Å². The maximum Gasteiger partial charge on any atom is 0.283 e. The fourth-order valence-corrected chi connectivity index (χ4v) is 4.12. The van der Waals surface area contributed by atoms with Crippen molar-refractivity contribution in [3.05, 3.63) is 71.6 Å². The molecule has 0 aliphatic carbocycles. The van der Waals surface area contributed by atoms with Crippen LogP contribution in [0.2, 0.25) is 0 Å². The molecule has 0 spiro atoms. The summed E-state index contributed by atoms with van der Waals surface area (Å²) in [6.45, 7) is 1.12. The van der Waals surface area contributed by atoms with Gasteiger partial charge in [-0.15, -0.1) is 0 Å². The Labute approximate surface area is 173 Å². The number of nitrogens with zero attached hydrogens (tertiary/aromatic N) is 3. The minimum absolute atomic E-state index is 0.0785. The minimum Gasteiger partial charge on any atom is -0.497 e. The van der Waals surface area contributed by atoms with Crippen molar-refractivity contribution in [2.24, 2.45) is 0 Å². The van der Waals surface area contributed by atoms with Gasteiger partial charge in [0.1, 0.15) is 23.1 Å². The molecule has 0 saturated heterocycles. The number of rotatable bonds is 7. The van der Waals surface area contributed by atoms with Crippen LogP contribution in [0, 0.1) is 18.7 Å². The van der Waals surface area contributed by atoms with Gasteiger partial charge in [0.2, 0.25) is 5.95 Å². The number of sulfonamides is 1. The van der Waals surface area contributed by atoms with Gasteiger partial charge in [0.25, 0.3) is 10.0 Å². The van der Waals surface area contributed by atoms with E-state index in [4.69, 9.17) is 9.47 Å². The van der Waals surface area contributed by atoms with Crippen molar-refractivity contribution in [1.82, 2.24) is 9.97 Å². The lowest BCUT2D eigenvalue weighted by atomic mass is 10.2. The third-order valence-corrected chi connectivity index (χ3v) is 5.97. The third kappa shape index (κ3) is 4.33. The van der Waals surface area contributed by atoms with E-state index in [1.165, 1.54) is 33.3 Å². The van der Waals surface area contributed by atoms with Gasteiger partial charge in [-0.05, 0) is 43.3 Å². The highest BCUT2D eigenvalue weighted by Crippen LogP contribution is 2.30. The molecule has 0 aliphatic rings. The standard InChI is InChI=1S/C20H19F2N3O4S/c1-13-16(21)9-10-20(23-13)30(26,27)25(19-6-4-5-18(22)24-19)12-14-7-8-15(28-2)11-17(14)29-3/h4-11H,12H2,1-3H3. The lowest BCUT2D eigenvalue weighted by molar-refractivity contribution is 0.391. The lowest BCUT2D eigenvalue weighted by Gasteiger charge is -2.24. The highest BCUT2D eigenvalue weighted by atomic mass is 32.2. The number of aryl methyl sites for hydroxylation is 1. The lowest BCUT2D eigenvalue weighted by Crippen LogP contribution is -2.32. The number of hydrogen-bond acceptors (Lipinski definition) is 6. The number of ether oxygens (including phenoxy) is 2. The van der Waals surface area contributed by atoms with Gasteiger partial charge < -0.3 is 9.47 Å². The molecule has 2 heterocycles. The van der Waals surface area contributed by atoms with E-state index < -0.39 is 21.8 Å². The molecular formula is C20H19F2N3O4S. The first kappa shape index (κ1) is 21.4. The number of methoxy groups -OCH3 is 2. The molecule has 0 N–H and O–H groups in total. The minimum atomic E-state index is -4.31. The van der Waals surface area contributed by atoms with Crippen molar-refractivity contribution in [1.29, 1.82) is 0 Å². The van der Waals surface area contributed by atoms with Crippen molar-refractivity contribution >= 4 is 15.8 Å². The van der Waals surface area contributed by atoms with Crippen molar-refractivity contribution in [2.45, 2.75) is 18.5 Å². The Kier molecular flexibility index (Phi) is 6.16. The van der Waals surface area contributed by atoms with Crippen LogP contribution in [-0.2, 0) is 16.6 Å². The molecule has 0 saturated carbocycles. The van der Waals surface area contributed by atoms with E-state index >= 15 is 0 Å². The smallest absolute Gasteiger partial charge is 0.283 e. The van der Waals surface area contributed by atoms with Crippen molar-refractivity contribution in [2.75, 3.05) is 18.5 Å². The van der Waals surface area contributed by atoms with Crippen molar-refractivity contribution in [3.8, 4) is 11.5 Å². The molecular weight excluding hydrogens is 416 g/mol. The highest BCUT2D eigenvalue weighted by molar-refractivity contribution is 7.92. The number of aromatic nitrogens is 2. The number of hydrogen-bond donors (Lipinski definition) is 0. The number of halogens is 2. The van der Waals surface area contributed by atoms with Gasteiger partial charge in [-0.2, -0.15) is 12.8 Å². The van der Waals surface area contributed by atoms with Crippen LogP contribution in [0.1, 0.15) is 11.3 Å². The first-order valence-corrected chi connectivity index (χ1v) is 10.2. The van der Waals surface area contributed by atoms with E-state index in [0.717, 1.165) is 22.5 Å². The van der Waals surface area contributed by atoms with Crippen LogP contribution >= 0.6 is 0 Å². The second-order valence-corrected chi connectivity index (χ2v) is 8.03. The van der Waals surface area contributed by atoms with E-state index in [9.17, 15) is 17.2 Å². The molecule has 3 aromatic rings. The number of pyridine rings is 2. The van der Waals surface area contributed by atoms with Gasteiger partial charge >= 0.3 is 0 Å². The zero-order valence-corrected chi connectivity index (χ0v) is 17.3. The first-order chi connectivity index (χ1) is 14.3. The van der Waals surface area contributed by atoms with Gasteiger partial charge in [-0.1, -0.05) is 6.07 Å². The molecule has 0 amide bonds. The second-order valence-electron chi connectivity index (χ2n) is 6.22. The maximum absolute atomic E-state index is 13.8. The molecule has 10 heteroatoms. The molecule has 0 radical (unpaired) electrons. The maximum atomic E-state index is 13.8. The predicted octanol–water partition coefficient (Wildman–Crippen LogP) is 3.48. The number of benzene rings is 1. The Morgan fingerprint density at radius 1 is 1.00 bits per heavy atom. The Bertz CT molecular complexity index is 1170. The van der Waals surface area contributed by atoms with Crippen LogP contribution in [0.4, 0.5) is 14.6 Å². The molecule has 0 fully saturated rings. The zero-order valence-electron chi connectivity index (χ0n) is 16.5. The van der Waals surface area contributed by atoms with E-state index in [0.29, 0.717) is 17.1 Å². The van der Waals surface area contributed by atoms with Gasteiger partial charge in [0, 0.05) is 11.6 Å². The van der Waals surface area contributed by atoms with Gasteiger partial charge in [-0.25, -0.2) is 18.7 Å². The monoisotopic (exact) mass is 435 g/mol. The Morgan fingerprint density at radius 2 is 1.77 bits per heavy atom. The molecule has 3 rings (SSSR count). The van der Waals surface area contributed by atoms with Crippen molar-refractivity contribution < 1.29 is 26.7 Å². The Balaban J connectivity index is 2.13. The molecule has 1 aromatic carbocycles. The molecule has 0 bridgehead atoms. The van der Waals surface area contributed by atoms with Gasteiger partial charge in [0.05, 0.1) is 26.5 Å². The Hall–Kier alpha value is -3.27. The fraction of sp³-hybridized carbons (Fsp3) is 0.200. The van der Waals surface area contributed by atoms with Crippen LogP contribution in [0.15, 0.2) is 53.6 Å². The van der Waals surface area contributed by atoms with Crippen LogP contribution in [0.3, 0.4) is 0 Å². The molecule has 2 aromatic heterocycles. The summed E-state index contributed by atoms with van der Waals surface area (Å²) in [5.74, 6) is -0.755. The summed E-state index contributed by atoms with van der Waals surface area (Å²) in [6.07, 6.45) is 0. The SMILES string of the molecule is COc1ccc(CN(c2cccc(F)n2)S(=O)(=O)c2ccc(F)c(C)n2)c(OC)c1. The summed E-state index contributed by atoms with van der Waals surface area (Å²) < 4.78 is 65.5. The summed E-state index contributed by atoms with van der Waals surface area (Å²) in [6, 6.07) is 10.7. The summed E-state index contributed by atoms with van der Waals surface area (Å²) in [5, 5.41) is -0.389. The third-order valence-electron chi connectivity index (χ3n) is 4.31. The van der Waals surface area contributed by atoms with E-state index in [1.807, 2.05) is 0 Å². The topological polar surface area (TPSA) is 81.6 Å². The molecule has 0 aliphatic heterocycles. The average Bonchev–Trinajstić information content (AvgIpc) is 2.73. The van der Waals surface area contributed by atoms with Crippen LogP contribution < -0.4 is 13.8 Å². The van der Waals surface area contributed by atoms with E-state index in [2.05, 4.69) is 9.97 Å². The first-order valence-electron chi connectivity index (χ1n) is 8.75. The summed E-state index contributed by atoms with van der Waals surface area (Å²) in [7, 11) is -1.39. The van der Waals surface area contributed by atoms with Gasteiger partial charge in [0.15, 0.2) is 5.03 Å². The Morgan fingerprint density at radius 3 is 2.40 bits per heavy atom. The van der Waals surface area contributed by atoms with Crippen LogP contribution in [-0.4, -0.2) is 32.6 Å². The largest absolute Gasteiger partial charge is 0.497 e. The van der Waals surface area contributed by atoms with Crippen LogP contribution in [0.5, 0.6) is 11.5 Å². The zero-order chi connectivity index (χ0) is 21.9.